The maximum atomic E-state index is 15.6. The van der Waals surface area contributed by atoms with Crippen molar-refractivity contribution in [2.45, 2.75) is 18.9 Å². The number of carbonyl (C=O) groups excluding carboxylic acids is 1. The van der Waals surface area contributed by atoms with Crippen molar-refractivity contribution in [2.75, 3.05) is 25.0 Å². The Bertz CT molecular complexity index is 1290. The fourth-order valence-corrected chi connectivity index (χ4v) is 4.09. The lowest BCUT2D eigenvalue weighted by Crippen LogP contribution is -2.46. The zero-order valence-corrected chi connectivity index (χ0v) is 17.7. The van der Waals surface area contributed by atoms with Gasteiger partial charge in [-0.3, -0.25) is 9.78 Å². The molecule has 1 atom stereocenters. The molecule has 4 aromatic rings. The van der Waals surface area contributed by atoms with Crippen molar-refractivity contribution in [3.05, 3.63) is 60.9 Å². The minimum atomic E-state index is -0.577. The second-order valence-corrected chi connectivity index (χ2v) is 7.86. The highest BCUT2D eigenvalue weighted by molar-refractivity contribution is 5.78. The fourth-order valence-electron chi connectivity index (χ4n) is 4.09. The van der Waals surface area contributed by atoms with Crippen LogP contribution in [0.3, 0.4) is 0 Å². The van der Waals surface area contributed by atoms with E-state index in [1.54, 1.807) is 40.1 Å². The topological polar surface area (TPSA) is 109 Å². The van der Waals surface area contributed by atoms with Gasteiger partial charge in [0.15, 0.2) is 17.5 Å². The molecule has 33 heavy (non-hydrogen) atoms. The average molecular weight is 447 g/mol. The van der Waals surface area contributed by atoms with E-state index < -0.39 is 12.4 Å². The van der Waals surface area contributed by atoms with Gasteiger partial charge in [0.25, 0.3) is 0 Å². The number of amides is 1. The van der Waals surface area contributed by atoms with Crippen LogP contribution in [-0.4, -0.2) is 66.2 Å². The number of anilines is 1. The standard InChI is InChI=1S/C23H22FN7O2/c24-20-21(15-6-8-25-9-7-15)28-22(17-12-26-31-11-2-1-5-18(17)31)29-23(20)27-16-4-3-10-30(13-16)19(33)14-32/h1-2,5-9,11-12,16,32H,3-4,10,13-14H2,(H,27,28,29)/t16-/m1/s1. The van der Waals surface area contributed by atoms with E-state index in [2.05, 4.69) is 25.4 Å². The third-order valence-electron chi connectivity index (χ3n) is 5.72. The van der Waals surface area contributed by atoms with Gasteiger partial charge in [0.2, 0.25) is 5.91 Å². The molecule has 1 aliphatic rings. The highest BCUT2D eigenvalue weighted by Crippen LogP contribution is 2.30. The number of nitrogens with zero attached hydrogens (tertiary/aromatic N) is 6. The molecule has 0 aromatic carbocycles. The summed E-state index contributed by atoms with van der Waals surface area (Å²) in [6.45, 7) is 0.388. The van der Waals surface area contributed by atoms with Gasteiger partial charge in [0.1, 0.15) is 12.3 Å². The number of aromatic nitrogens is 5. The third kappa shape index (κ3) is 4.12. The van der Waals surface area contributed by atoms with Crippen LogP contribution in [-0.2, 0) is 4.79 Å². The van der Waals surface area contributed by atoms with Crippen molar-refractivity contribution >= 4 is 17.2 Å². The first-order valence-electron chi connectivity index (χ1n) is 10.7. The SMILES string of the molecule is O=C(CO)N1CCC[C@@H](Nc2nc(-c3cnn4ccccc34)nc(-c3ccncc3)c2F)C1. The molecular formula is C23H22FN7O2. The molecule has 168 valence electrons. The fraction of sp³-hybridized carbons (Fsp3) is 0.261. The molecular weight excluding hydrogens is 425 g/mol. The van der Waals surface area contributed by atoms with Gasteiger partial charge in [-0.1, -0.05) is 6.07 Å². The highest BCUT2D eigenvalue weighted by Gasteiger charge is 2.26. The summed E-state index contributed by atoms with van der Waals surface area (Å²) in [5, 5.41) is 16.7. The van der Waals surface area contributed by atoms with Gasteiger partial charge >= 0.3 is 0 Å². The Hall–Kier alpha value is -3.92. The van der Waals surface area contributed by atoms with Crippen molar-refractivity contribution in [1.82, 2.24) is 29.5 Å². The first-order valence-corrected chi connectivity index (χ1v) is 10.7. The molecule has 9 nitrogen and oxygen atoms in total. The number of aliphatic hydroxyl groups is 1. The van der Waals surface area contributed by atoms with E-state index in [1.165, 1.54) is 0 Å². The molecule has 1 amide bonds. The van der Waals surface area contributed by atoms with Crippen molar-refractivity contribution in [3.63, 3.8) is 0 Å². The number of likely N-dealkylation sites (tertiary alicyclic amines) is 1. The third-order valence-corrected chi connectivity index (χ3v) is 5.72. The number of fused-ring (bicyclic) bond motifs is 1. The van der Waals surface area contributed by atoms with E-state index in [-0.39, 0.29) is 23.5 Å². The zero-order chi connectivity index (χ0) is 22.8. The Morgan fingerprint density at radius 2 is 2.06 bits per heavy atom. The molecule has 1 fully saturated rings. The normalized spacial score (nSPS) is 16.2. The van der Waals surface area contributed by atoms with Gasteiger partial charge in [-0.15, -0.1) is 0 Å². The van der Waals surface area contributed by atoms with Crippen LogP contribution in [0.25, 0.3) is 28.2 Å². The summed E-state index contributed by atoms with van der Waals surface area (Å²) < 4.78 is 17.3. The number of pyridine rings is 2. The van der Waals surface area contributed by atoms with Gasteiger partial charge < -0.3 is 15.3 Å². The van der Waals surface area contributed by atoms with Crippen molar-refractivity contribution in [1.29, 1.82) is 0 Å². The highest BCUT2D eigenvalue weighted by atomic mass is 19.1. The summed E-state index contributed by atoms with van der Waals surface area (Å²) in [7, 11) is 0. The number of halogens is 1. The maximum absolute atomic E-state index is 15.6. The minimum Gasteiger partial charge on any atom is -0.387 e. The summed E-state index contributed by atoms with van der Waals surface area (Å²) in [5.41, 5.74) is 2.20. The Kier molecular flexibility index (Phi) is 5.66. The van der Waals surface area contributed by atoms with Crippen LogP contribution in [0.15, 0.2) is 55.1 Å². The van der Waals surface area contributed by atoms with Crippen molar-refractivity contribution < 1.29 is 14.3 Å². The number of carbonyl (C=O) groups is 1. The molecule has 10 heteroatoms. The van der Waals surface area contributed by atoms with E-state index in [4.69, 9.17) is 0 Å². The number of nitrogens with one attached hydrogen (secondary N) is 1. The van der Waals surface area contributed by atoms with E-state index in [1.807, 2.05) is 24.4 Å². The van der Waals surface area contributed by atoms with Gasteiger partial charge in [-0.2, -0.15) is 5.10 Å². The van der Waals surface area contributed by atoms with Crippen LogP contribution in [0.4, 0.5) is 10.2 Å². The lowest BCUT2D eigenvalue weighted by atomic mass is 10.1. The number of piperidine rings is 1. The van der Waals surface area contributed by atoms with Crippen LogP contribution >= 0.6 is 0 Å². The summed E-state index contributed by atoms with van der Waals surface area (Å²) in [5.74, 6) is -0.516. The summed E-state index contributed by atoms with van der Waals surface area (Å²) in [6.07, 6.45) is 8.13. The second kappa shape index (κ2) is 8.91. The van der Waals surface area contributed by atoms with Crippen LogP contribution in [0.1, 0.15) is 12.8 Å². The number of rotatable bonds is 5. The van der Waals surface area contributed by atoms with E-state index >= 15 is 4.39 Å². The predicted molar refractivity (Wildman–Crippen MR) is 120 cm³/mol. The predicted octanol–water partition coefficient (Wildman–Crippen LogP) is 2.39. The van der Waals surface area contributed by atoms with Gasteiger partial charge in [0, 0.05) is 43.3 Å². The second-order valence-electron chi connectivity index (χ2n) is 7.86. The van der Waals surface area contributed by atoms with Crippen LogP contribution < -0.4 is 5.32 Å². The first kappa shape index (κ1) is 21.0. The van der Waals surface area contributed by atoms with Gasteiger partial charge in [-0.05, 0) is 37.1 Å². The first-order chi connectivity index (χ1) is 16.1. The summed E-state index contributed by atoms with van der Waals surface area (Å²) in [6, 6.07) is 8.83. The Labute approximate surface area is 188 Å². The van der Waals surface area contributed by atoms with Crippen molar-refractivity contribution in [2.24, 2.45) is 0 Å². The van der Waals surface area contributed by atoms with E-state index in [9.17, 15) is 9.90 Å². The van der Waals surface area contributed by atoms with Crippen LogP contribution in [0, 0.1) is 5.82 Å². The largest absolute Gasteiger partial charge is 0.387 e. The average Bonchev–Trinajstić information content (AvgIpc) is 3.30. The molecule has 0 radical (unpaired) electrons. The quantitative estimate of drug-likeness (QED) is 0.484. The molecule has 4 aromatic heterocycles. The van der Waals surface area contributed by atoms with E-state index in [0.29, 0.717) is 30.0 Å². The summed E-state index contributed by atoms with van der Waals surface area (Å²) >= 11 is 0. The molecule has 1 aliphatic heterocycles. The van der Waals surface area contributed by atoms with E-state index in [0.717, 1.165) is 18.4 Å². The Morgan fingerprint density at radius 3 is 2.88 bits per heavy atom. The molecule has 5 rings (SSSR count). The molecule has 1 saturated heterocycles. The number of aliphatic hydroxyl groups excluding tert-OH is 1. The minimum absolute atomic E-state index is 0.0605. The molecule has 2 N–H and O–H groups in total. The van der Waals surface area contributed by atoms with Gasteiger partial charge in [-0.25, -0.2) is 18.9 Å². The van der Waals surface area contributed by atoms with Crippen LogP contribution in [0.2, 0.25) is 0 Å². The monoisotopic (exact) mass is 447 g/mol. The lowest BCUT2D eigenvalue weighted by molar-refractivity contribution is -0.135. The van der Waals surface area contributed by atoms with Crippen molar-refractivity contribution in [3.8, 4) is 22.6 Å². The number of hydrogen-bond donors (Lipinski definition) is 2. The Balaban J connectivity index is 1.57. The molecule has 5 heterocycles. The lowest BCUT2D eigenvalue weighted by Gasteiger charge is -2.33. The molecule has 0 spiro atoms. The number of hydrogen-bond acceptors (Lipinski definition) is 7. The molecule has 0 aliphatic carbocycles. The maximum Gasteiger partial charge on any atom is 0.248 e. The Morgan fingerprint density at radius 1 is 1.21 bits per heavy atom. The molecule has 0 bridgehead atoms. The zero-order valence-electron chi connectivity index (χ0n) is 17.7. The van der Waals surface area contributed by atoms with Gasteiger partial charge in [0.05, 0.1) is 17.3 Å². The molecule has 0 unspecified atom stereocenters. The van der Waals surface area contributed by atoms with Crippen LogP contribution in [0.5, 0.6) is 0 Å². The molecule has 0 saturated carbocycles. The summed E-state index contributed by atoms with van der Waals surface area (Å²) in [4.78, 5) is 26.6. The smallest absolute Gasteiger partial charge is 0.248 e.